The Morgan fingerprint density at radius 3 is 2.94 bits per heavy atom. The molecule has 84 valence electrons. The van der Waals surface area contributed by atoms with Crippen LogP contribution in [-0.2, 0) is 6.42 Å². The summed E-state index contributed by atoms with van der Waals surface area (Å²) in [6.07, 6.45) is 2.53. The number of hydrogen-bond acceptors (Lipinski definition) is 3. The zero-order chi connectivity index (χ0) is 12.1. The first-order valence-corrected chi connectivity index (χ1v) is 5.45. The largest absolute Gasteiger partial charge is 0.439 e. The van der Waals surface area contributed by atoms with Gasteiger partial charge in [0.15, 0.2) is 0 Å². The van der Waals surface area contributed by atoms with Crippen LogP contribution in [0.25, 0.3) is 0 Å². The monoisotopic (exact) mass is 224 g/mol. The van der Waals surface area contributed by atoms with Gasteiger partial charge >= 0.3 is 0 Å². The van der Waals surface area contributed by atoms with Gasteiger partial charge in [-0.25, -0.2) is 4.98 Å². The summed E-state index contributed by atoms with van der Waals surface area (Å²) >= 11 is 0. The van der Waals surface area contributed by atoms with Gasteiger partial charge in [-0.05, 0) is 30.2 Å². The second-order valence-corrected chi connectivity index (χ2v) is 3.60. The fraction of sp³-hybridized carbons (Fsp3) is 0.143. The van der Waals surface area contributed by atoms with Crippen molar-refractivity contribution in [2.75, 3.05) is 0 Å². The van der Waals surface area contributed by atoms with Gasteiger partial charge < -0.3 is 4.74 Å². The predicted molar refractivity (Wildman–Crippen MR) is 64.8 cm³/mol. The molecule has 17 heavy (non-hydrogen) atoms. The lowest BCUT2D eigenvalue weighted by atomic mass is 10.2. The van der Waals surface area contributed by atoms with E-state index in [-0.39, 0.29) is 0 Å². The van der Waals surface area contributed by atoms with E-state index in [4.69, 9.17) is 10.00 Å². The van der Waals surface area contributed by atoms with Crippen molar-refractivity contribution >= 4 is 0 Å². The van der Waals surface area contributed by atoms with Gasteiger partial charge in [0.25, 0.3) is 0 Å². The smallest absolute Gasteiger partial charge is 0.220 e. The quantitative estimate of drug-likeness (QED) is 0.803. The van der Waals surface area contributed by atoms with E-state index in [9.17, 15) is 0 Å². The van der Waals surface area contributed by atoms with Gasteiger partial charge in [-0.15, -0.1) is 0 Å². The number of benzene rings is 1. The maximum Gasteiger partial charge on any atom is 0.220 e. The Morgan fingerprint density at radius 2 is 2.18 bits per heavy atom. The van der Waals surface area contributed by atoms with Gasteiger partial charge in [0.1, 0.15) is 5.75 Å². The van der Waals surface area contributed by atoms with Gasteiger partial charge in [0.05, 0.1) is 11.6 Å². The first-order valence-electron chi connectivity index (χ1n) is 5.45. The van der Waals surface area contributed by atoms with E-state index < -0.39 is 0 Å². The molecule has 2 rings (SSSR count). The topological polar surface area (TPSA) is 45.9 Å². The van der Waals surface area contributed by atoms with Crippen LogP contribution in [0.5, 0.6) is 11.6 Å². The number of pyridine rings is 1. The number of aromatic nitrogens is 1. The summed E-state index contributed by atoms with van der Waals surface area (Å²) in [5.41, 5.74) is 1.75. The maximum absolute atomic E-state index is 8.78. The molecule has 1 heterocycles. The van der Waals surface area contributed by atoms with Crippen LogP contribution in [-0.4, -0.2) is 4.98 Å². The summed E-state index contributed by atoms with van der Waals surface area (Å²) in [6.45, 7) is 2.09. The van der Waals surface area contributed by atoms with Crippen molar-refractivity contribution in [2.45, 2.75) is 13.3 Å². The maximum atomic E-state index is 8.78. The van der Waals surface area contributed by atoms with Crippen molar-refractivity contribution in [3.8, 4) is 17.7 Å². The molecular weight excluding hydrogens is 212 g/mol. The molecule has 2 aromatic rings. The van der Waals surface area contributed by atoms with E-state index in [1.54, 1.807) is 18.3 Å². The van der Waals surface area contributed by atoms with Crippen molar-refractivity contribution < 1.29 is 4.74 Å². The van der Waals surface area contributed by atoms with E-state index >= 15 is 0 Å². The fourth-order valence-corrected chi connectivity index (χ4v) is 1.48. The van der Waals surface area contributed by atoms with Crippen molar-refractivity contribution in [1.29, 1.82) is 5.26 Å². The minimum absolute atomic E-state index is 0.442. The lowest BCUT2D eigenvalue weighted by Crippen LogP contribution is -1.89. The highest BCUT2D eigenvalue weighted by Crippen LogP contribution is 2.21. The Labute approximate surface area is 100 Å². The third-order valence-corrected chi connectivity index (χ3v) is 2.39. The van der Waals surface area contributed by atoms with E-state index in [0.717, 1.165) is 12.2 Å². The molecule has 0 saturated carbocycles. The molecule has 0 atom stereocenters. The van der Waals surface area contributed by atoms with Crippen molar-refractivity contribution in [2.24, 2.45) is 0 Å². The predicted octanol–water partition coefficient (Wildman–Crippen LogP) is 3.31. The van der Waals surface area contributed by atoms with Crippen molar-refractivity contribution in [1.82, 2.24) is 4.98 Å². The van der Waals surface area contributed by atoms with Crippen LogP contribution >= 0.6 is 0 Å². The van der Waals surface area contributed by atoms with E-state index in [0.29, 0.717) is 11.4 Å². The van der Waals surface area contributed by atoms with Gasteiger partial charge in [0, 0.05) is 12.3 Å². The fourth-order valence-electron chi connectivity index (χ4n) is 1.48. The SMILES string of the molecule is CCc1cccc(Oc2cc(C#N)ccn2)c1. The number of hydrogen-bond donors (Lipinski definition) is 0. The average molecular weight is 224 g/mol. The van der Waals surface area contributed by atoms with Crippen LogP contribution in [0.2, 0.25) is 0 Å². The second kappa shape index (κ2) is 5.13. The summed E-state index contributed by atoms with van der Waals surface area (Å²) in [5, 5.41) is 8.78. The summed E-state index contributed by atoms with van der Waals surface area (Å²) in [6, 6.07) is 13.2. The number of aryl methyl sites for hydroxylation is 1. The Kier molecular flexibility index (Phi) is 3.37. The van der Waals surface area contributed by atoms with Gasteiger partial charge in [-0.1, -0.05) is 19.1 Å². The van der Waals surface area contributed by atoms with Gasteiger partial charge in [-0.2, -0.15) is 5.26 Å². The third kappa shape index (κ3) is 2.82. The number of rotatable bonds is 3. The molecule has 1 aromatic heterocycles. The van der Waals surface area contributed by atoms with Crippen LogP contribution in [0.1, 0.15) is 18.1 Å². The number of nitriles is 1. The van der Waals surface area contributed by atoms with Crippen LogP contribution in [0.4, 0.5) is 0 Å². The lowest BCUT2D eigenvalue weighted by molar-refractivity contribution is 0.462. The van der Waals surface area contributed by atoms with E-state index in [1.807, 2.05) is 24.3 Å². The number of ether oxygens (including phenoxy) is 1. The minimum atomic E-state index is 0.442. The lowest BCUT2D eigenvalue weighted by Gasteiger charge is -2.05. The molecule has 0 amide bonds. The second-order valence-electron chi connectivity index (χ2n) is 3.60. The van der Waals surface area contributed by atoms with Crippen molar-refractivity contribution in [3.05, 3.63) is 53.7 Å². The van der Waals surface area contributed by atoms with Crippen LogP contribution in [0.3, 0.4) is 0 Å². The van der Waals surface area contributed by atoms with Crippen molar-refractivity contribution in [3.63, 3.8) is 0 Å². The van der Waals surface area contributed by atoms with Crippen LogP contribution in [0.15, 0.2) is 42.6 Å². The first kappa shape index (κ1) is 11.2. The average Bonchev–Trinajstić information content (AvgIpc) is 2.39. The Morgan fingerprint density at radius 1 is 1.29 bits per heavy atom. The Balaban J connectivity index is 2.22. The molecule has 0 saturated heterocycles. The molecular formula is C14H12N2O. The third-order valence-electron chi connectivity index (χ3n) is 2.39. The summed E-state index contributed by atoms with van der Waals surface area (Å²) in [7, 11) is 0. The zero-order valence-electron chi connectivity index (χ0n) is 9.55. The molecule has 0 aliphatic heterocycles. The molecule has 0 unspecified atom stereocenters. The van der Waals surface area contributed by atoms with Crippen LogP contribution < -0.4 is 4.74 Å². The molecule has 0 N–H and O–H groups in total. The molecule has 0 spiro atoms. The molecule has 0 fully saturated rings. The Hall–Kier alpha value is -2.34. The molecule has 0 aliphatic carbocycles. The molecule has 0 radical (unpaired) electrons. The standard InChI is InChI=1S/C14H12N2O/c1-2-11-4-3-5-13(8-11)17-14-9-12(10-15)6-7-16-14/h3-9H,2H2,1H3. The van der Waals surface area contributed by atoms with Gasteiger partial charge in [-0.3, -0.25) is 0 Å². The molecule has 3 nitrogen and oxygen atoms in total. The summed E-state index contributed by atoms with van der Waals surface area (Å²) in [5.74, 6) is 1.18. The Bertz CT molecular complexity index is 558. The van der Waals surface area contributed by atoms with E-state index in [1.165, 1.54) is 5.56 Å². The molecule has 0 aliphatic rings. The van der Waals surface area contributed by atoms with Gasteiger partial charge in [0.2, 0.25) is 5.88 Å². The molecule has 0 bridgehead atoms. The first-order chi connectivity index (χ1) is 8.31. The zero-order valence-corrected chi connectivity index (χ0v) is 9.55. The highest BCUT2D eigenvalue weighted by molar-refractivity contribution is 5.35. The molecule has 3 heteroatoms. The normalized spacial score (nSPS) is 9.65. The summed E-state index contributed by atoms with van der Waals surface area (Å²) < 4.78 is 5.60. The molecule has 1 aromatic carbocycles. The highest BCUT2D eigenvalue weighted by atomic mass is 16.5. The highest BCUT2D eigenvalue weighted by Gasteiger charge is 2.00. The minimum Gasteiger partial charge on any atom is -0.439 e. The van der Waals surface area contributed by atoms with Crippen LogP contribution in [0, 0.1) is 11.3 Å². The summed E-state index contributed by atoms with van der Waals surface area (Å²) in [4.78, 5) is 4.06. The van der Waals surface area contributed by atoms with E-state index in [2.05, 4.69) is 18.0 Å². The number of nitrogens with zero attached hydrogens (tertiary/aromatic N) is 2.